The number of hydrogen-bond acceptors (Lipinski definition) is 2. The molecule has 0 atom stereocenters. The van der Waals surface area contributed by atoms with Crippen molar-refractivity contribution in [2.24, 2.45) is 5.73 Å². The van der Waals surface area contributed by atoms with Crippen molar-refractivity contribution < 1.29 is 4.79 Å². The van der Waals surface area contributed by atoms with Crippen LogP contribution in [0.25, 0.3) is 0 Å². The third-order valence-electron chi connectivity index (χ3n) is 3.42. The Bertz CT molecular complexity index is 607. The quantitative estimate of drug-likeness (QED) is 0.905. The third kappa shape index (κ3) is 3.18. The lowest BCUT2D eigenvalue weighted by Crippen LogP contribution is -2.23. The number of nitrogens with zero attached hydrogens (tertiary/aromatic N) is 1. The smallest absolute Gasteiger partial charge is 0.248 e. The molecular formula is C17H20N2O. The molecule has 0 aliphatic heterocycles. The number of amides is 1. The zero-order valence-corrected chi connectivity index (χ0v) is 12.0. The van der Waals surface area contributed by atoms with Crippen LogP contribution in [0.5, 0.6) is 0 Å². The molecule has 0 heterocycles. The van der Waals surface area contributed by atoms with Gasteiger partial charge in [-0.05, 0) is 43.2 Å². The fraction of sp³-hybridized carbons (Fsp3) is 0.235. The van der Waals surface area contributed by atoms with Gasteiger partial charge in [-0.3, -0.25) is 4.79 Å². The van der Waals surface area contributed by atoms with E-state index >= 15 is 0 Å². The number of para-hydroxylation sites is 1. The van der Waals surface area contributed by atoms with Crippen molar-refractivity contribution in [3.63, 3.8) is 0 Å². The molecule has 0 aliphatic rings. The van der Waals surface area contributed by atoms with E-state index in [9.17, 15) is 4.79 Å². The second kappa shape index (κ2) is 6.24. The van der Waals surface area contributed by atoms with Crippen LogP contribution in [0.2, 0.25) is 0 Å². The van der Waals surface area contributed by atoms with Gasteiger partial charge < -0.3 is 10.6 Å². The fourth-order valence-electron chi connectivity index (χ4n) is 2.33. The number of anilines is 1. The molecule has 2 N–H and O–H groups in total. The molecule has 104 valence electrons. The van der Waals surface area contributed by atoms with E-state index in [0.29, 0.717) is 5.56 Å². The molecule has 0 radical (unpaired) electrons. The number of aryl methyl sites for hydroxylation is 1. The van der Waals surface area contributed by atoms with Gasteiger partial charge in [0.1, 0.15) is 0 Å². The zero-order valence-electron chi connectivity index (χ0n) is 12.0. The Labute approximate surface area is 120 Å². The predicted octanol–water partition coefficient (Wildman–Crippen LogP) is 3.12. The molecule has 0 aliphatic carbocycles. The summed E-state index contributed by atoms with van der Waals surface area (Å²) in [5.74, 6) is -0.384. The number of carbonyl (C=O) groups excluding carboxylic acids is 1. The lowest BCUT2D eigenvalue weighted by Gasteiger charge is -2.25. The average molecular weight is 268 g/mol. The van der Waals surface area contributed by atoms with Crippen LogP contribution in [0.1, 0.15) is 28.4 Å². The minimum absolute atomic E-state index is 0.384. The van der Waals surface area contributed by atoms with Gasteiger partial charge in [0, 0.05) is 24.3 Å². The maximum Gasteiger partial charge on any atom is 0.248 e. The molecule has 3 nitrogen and oxygen atoms in total. The highest BCUT2D eigenvalue weighted by atomic mass is 16.1. The maximum atomic E-state index is 11.2. The summed E-state index contributed by atoms with van der Waals surface area (Å²) in [6, 6.07) is 15.8. The number of benzene rings is 2. The molecule has 2 aromatic rings. The van der Waals surface area contributed by atoms with Crippen molar-refractivity contribution in [3.05, 3.63) is 65.2 Å². The summed E-state index contributed by atoms with van der Waals surface area (Å²) < 4.78 is 0. The lowest BCUT2D eigenvalue weighted by atomic mass is 10.1. The molecule has 0 unspecified atom stereocenters. The lowest BCUT2D eigenvalue weighted by molar-refractivity contribution is 0.1000. The number of carbonyl (C=O) groups is 1. The van der Waals surface area contributed by atoms with Crippen LogP contribution in [0.15, 0.2) is 48.5 Å². The standard InChI is InChI=1S/C17H20N2O/c1-3-19(16-10-5-4-7-13(16)2)12-14-8-6-9-15(11-14)17(18)20/h4-11H,3,12H2,1-2H3,(H2,18,20). The number of hydrogen-bond donors (Lipinski definition) is 1. The first kappa shape index (κ1) is 14.1. The van der Waals surface area contributed by atoms with Crippen molar-refractivity contribution in [1.29, 1.82) is 0 Å². The Hall–Kier alpha value is -2.29. The third-order valence-corrected chi connectivity index (χ3v) is 3.42. The van der Waals surface area contributed by atoms with Gasteiger partial charge in [-0.2, -0.15) is 0 Å². The minimum atomic E-state index is -0.384. The fourth-order valence-corrected chi connectivity index (χ4v) is 2.33. The molecule has 0 saturated carbocycles. The first-order chi connectivity index (χ1) is 9.61. The first-order valence-electron chi connectivity index (χ1n) is 6.81. The summed E-state index contributed by atoms with van der Waals surface area (Å²) >= 11 is 0. The van der Waals surface area contributed by atoms with E-state index in [1.807, 2.05) is 30.3 Å². The van der Waals surface area contributed by atoms with Crippen LogP contribution in [0, 0.1) is 6.92 Å². The summed E-state index contributed by atoms with van der Waals surface area (Å²) in [6.07, 6.45) is 0. The highest BCUT2D eigenvalue weighted by Gasteiger charge is 2.09. The minimum Gasteiger partial charge on any atom is -0.367 e. The van der Waals surface area contributed by atoms with Gasteiger partial charge in [0.2, 0.25) is 5.91 Å². The molecular weight excluding hydrogens is 248 g/mol. The van der Waals surface area contributed by atoms with Gasteiger partial charge in [-0.1, -0.05) is 30.3 Å². The van der Waals surface area contributed by atoms with Crippen molar-refractivity contribution in [3.8, 4) is 0 Å². The topological polar surface area (TPSA) is 46.3 Å². The summed E-state index contributed by atoms with van der Waals surface area (Å²) in [6.45, 7) is 5.91. The van der Waals surface area contributed by atoms with Crippen LogP contribution in [0.4, 0.5) is 5.69 Å². The van der Waals surface area contributed by atoms with Gasteiger partial charge in [0.25, 0.3) is 0 Å². The van der Waals surface area contributed by atoms with E-state index in [0.717, 1.165) is 18.7 Å². The Morgan fingerprint density at radius 3 is 2.55 bits per heavy atom. The monoisotopic (exact) mass is 268 g/mol. The number of rotatable bonds is 5. The second-order valence-electron chi connectivity index (χ2n) is 4.87. The van der Waals surface area contributed by atoms with Crippen LogP contribution in [0.3, 0.4) is 0 Å². The molecule has 0 fully saturated rings. The Morgan fingerprint density at radius 1 is 1.15 bits per heavy atom. The van der Waals surface area contributed by atoms with Gasteiger partial charge >= 0.3 is 0 Å². The van der Waals surface area contributed by atoms with Crippen molar-refractivity contribution >= 4 is 11.6 Å². The number of nitrogens with two attached hydrogens (primary N) is 1. The molecule has 0 bridgehead atoms. The van der Waals surface area contributed by atoms with Gasteiger partial charge in [-0.25, -0.2) is 0 Å². The van der Waals surface area contributed by atoms with Crippen LogP contribution in [-0.4, -0.2) is 12.5 Å². The van der Waals surface area contributed by atoms with Gasteiger partial charge in [0.15, 0.2) is 0 Å². The van der Waals surface area contributed by atoms with E-state index in [1.165, 1.54) is 11.3 Å². The van der Waals surface area contributed by atoms with E-state index in [-0.39, 0.29) is 5.91 Å². The normalized spacial score (nSPS) is 10.3. The molecule has 20 heavy (non-hydrogen) atoms. The van der Waals surface area contributed by atoms with E-state index in [2.05, 4.69) is 30.9 Å². The SMILES string of the molecule is CCN(Cc1cccc(C(N)=O)c1)c1ccccc1C. The summed E-state index contributed by atoms with van der Waals surface area (Å²) in [7, 11) is 0. The predicted molar refractivity (Wildman–Crippen MR) is 82.9 cm³/mol. The molecule has 0 saturated heterocycles. The first-order valence-corrected chi connectivity index (χ1v) is 6.81. The molecule has 2 aromatic carbocycles. The van der Waals surface area contributed by atoms with Crippen molar-refractivity contribution in [2.45, 2.75) is 20.4 Å². The maximum absolute atomic E-state index is 11.2. The van der Waals surface area contributed by atoms with Crippen LogP contribution in [-0.2, 0) is 6.54 Å². The summed E-state index contributed by atoms with van der Waals surface area (Å²) in [4.78, 5) is 13.5. The number of primary amides is 1. The second-order valence-corrected chi connectivity index (χ2v) is 4.87. The summed E-state index contributed by atoms with van der Waals surface area (Å²) in [5, 5.41) is 0. The Balaban J connectivity index is 2.25. The average Bonchev–Trinajstić information content (AvgIpc) is 2.46. The summed E-state index contributed by atoms with van der Waals surface area (Å²) in [5.41, 5.74) is 9.45. The van der Waals surface area contributed by atoms with Crippen molar-refractivity contribution in [2.75, 3.05) is 11.4 Å². The molecule has 0 spiro atoms. The Kier molecular flexibility index (Phi) is 4.41. The molecule has 1 amide bonds. The molecule has 2 rings (SSSR count). The van der Waals surface area contributed by atoms with E-state index in [4.69, 9.17) is 5.73 Å². The van der Waals surface area contributed by atoms with Crippen LogP contribution < -0.4 is 10.6 Å². The van der Waals surface area contributed by atoms with Crippen molar-refractivity contribution in [1.82, 2.24) is 0 Å². The molecule has 3 heteroatoms. The zero-order chi connectivity index (χ0) is 14.5. The van der Waals surface area contributed by atoms with Crippen LogP contribution >= 0.6 is 0 Å². The van der Waals surface area contributed by atoms with E-state index in [1.54, 1.807) is 6.07 Å². The van der Waals surface area contributed by atoms with E-state index < -0.39 is 0 Å². The van der Waals surface area contributed by atoms with Gasteiger partial charge in [-0.15, -0.1) is 0 Å². The largest absolute Gasteiger partial charge is 0.367 e. The highest BCUT2D eigenvalue weighted by Crippen LogP contribution is 2.21. The molecule has 0 aromatic heterocycles. The van der Waals surface area contributed by atoms with Gasteiger partial charge in [0.05, 0.1) is 0 Å². The Morgan fingerprint density at radius 2 is 1.90 bits per heavy atom. The highest BCUT2D eigenvalue weighted by molar-refractivity contribution is 5.92.